The lowest BCUT2D eigenvalue weighted by molar-refractivity contribution is -0.392. The monoisotopic (exact) mass is 1060 g/mol. The van der Waals surface area contributed by atoms with Crippen LogP contribution in [0.1, 0.15) is 151 Å². The van der Waals surface area contributed by atoms with Crippen LogP contribution in [0.3, 0.4) is 0 Å². The highest BCUT2D eigenvalue weighted by molar-refractivity contribution is 5.69. The van der Waals surface area contributed by atoms with Crippen molar-refractivity contribution in [1.82, 2.24) is 0 Å². The molecule has 5 saturated heterocycles. The number of hydrogen-bond donors (Lipinski definition) is 9. The van der Waals surface area contributed by atoms with Gasteiger partial charge in [0.05, 0.1) is 43.7 Å². The smallest absolute Gasteiger partial charge is 0.306 e. The number of aliphatic hydroxyl groups excluding tert-OH is 9. The molecule has 0 aromatic heterocycles. The van der Waals surface area contributed by atoms with Gasteiger partial charge in [-0.1, -0.05) is 73.1 Å². The van der Waals surface area contributed by atoms with E-state index in [9.17, 15) is 50.8 Å². The molecule has 29 atom stereocenters. The van der Waals surface area contributed by atoms with E-state index in [1.54, 1.807) is 0 Å². The first-order chi connectivity index (χ1) is 35.2. The van der Waals surface area contributed by atoms with Crippen molar-refractivity contribution < 1.29 is 93.4 Å². The highest BCUT2D eigenvalue weighted by Gasteiger charge is 2.71. The van der Waals surface area contributed by atoms with Crippen LogP contribution in [0, 0.1) is 52.3 Å². The summed E-state index contributed by atoms with van der Waals surface area (Å²) in [7, 11) is 0. The Balaban J connectivity index is 0.971. The molecule has 9 rings (SSSR count). The van der Waals surface area contributed by atoms with Gasteiger partial charge in [0.25, 0.3) is 0 Å². The van der Waals surface area contributed by atoms with Crippen LogP contribution in [0.2, 0.25) is 0 Å². The Morgan fingerprint density at radius 3 is 1.88 bits per heavy atom. The summed E-state index contributed by atoms with van der Waals surface area (Å²) in [5, 5.41) is 99.6. The number of rotatable bonds is 16. The van der Waals surface area contributed by atoms with Gasteiger partial charge in [-0.15, -0.1) is 0 Å². The number of carbonyl (C=O) groups is 1. The molecule has 1 spiro atoms. The first-order valence-corrected chi connectivity index (χ1v) is 28.7. The summed E-state index contributed by atoms with van der Waals surface area (Å²) in [6.07, 6.45) is -11.9. The van der Waals surface area contributed by atoms with Crippen molar-refractivity contribution >= 4 is 5.97 Å². The van der Waals surface area contributed by atoms with Crippen molar-refractivity contribution in [3.8, 4) is 0 Å². The summed E-state index contributed by atoms with van der Waals surface area (Å²) in [5.74, 6) is 0.723. The summed E-state index contributed by atoms with van der Waals surface area (Å²) >= 11 is 0. The lowest BCUT2D eigenvalue weighted by Gasteiger charge is -2.63. The van der Waals surface area contributed by atoms with E-state index >= 15 is 0 Å². The van der Waals surface area contributed by atoms with Gasteiger partial charge >= 0.3 is 5.97 Å². The van der Waals surface area contributed by atoms with Gasteiger partial charge in [-0.25, -0.2) is 0 Å². The minimum atomic E-state index is -1.81. The van der Waals surface area contributed by atoms with Crippen LogP contribution in [0.25, 0.3) is 0 Å². The normalized spacial score (nSPS) is 53.2. The zero-order chi connectivity index (χ0) is 53.2. The average molecular weight is 1060 g/mol. The lowest BCUT2D eigenvalue weighted by Crippen LogP contribution is -2.67. The molecule has 19 heteroatoms. The Kier molecular flexibility index (Phi) is 17.9. The van der Waals surface area contributed by atoms with Crippen LogP contribution in [-0.4, -0.2) is 187 Å². The van der Waals surface area contributed by atoms with Crippen LogP contribution in [0.15, 0.2) is 0 Å². The van der Waals surface area contributed by atoms with Gasteiger partial charge in [0.15, 0.2) is 24.7 Å². The van der Waals surface area contributed by atoms with Crippen LogP contribution in [0.5, 0.6) is 0 Å². The molecule has 0 radical (unpaired) electrons. The first-order valence-electron chi connectivity index (χ1n) is 28.7. The number of carbonyl (C=O) groups excluding carboxylic acids is 1. The molecule has 4 aliphatic carbocycles. The first kappa shape index (κ1) is 57.5. The fraction of sp³-hybridized carbons (Fsp3) is 0.982. The second-order valence-electron chi connectivity index (χ2n) is 25.1. The minimum absolute atomic E-state index is 0.0172. The van der Waals surface area contributed by atoms with Crippen molar-refractivity contribution in [3.63, 3.8) is 0 Å². The van der Waals surface area contributed by atoms with Gasteiger partial charge in [0, 0.05) is 24.7 Å². The number of ether oxygens (including phenoxy) is 9. The van der Waals surface area contributed by atoms with E-state index in [0.717, 1.165) is 57.8 Å². The standard InChI is InChI=1S/C55H92O19/c1-8-9-10-11-12-13-14-15-39(58)69-35-20-30-31(17-18-53(6)32(30)21-37-40(53)27(3)55(74-37)19-16-26(2)25-66-55)54(7)23-34(57)36(22-33(35)54)70-52-49(73-51-46(64)44(62)42(60)29(5)68-51)47(65)48(38(24-56)71-52)72-50-45(63)43(61)41(59)28(4)67-50/h26-38,40-52,56-57,59-65H,8-25H2,1-7H3/t26-,27+,28-,29-,30-,31+,32+,33-,34-,35+,36-,37+,38-,40+,41-,42-,43+,44+,45+,46+,47+,48-,49-,50-,51-,52-,53+,54-,55-/m1/s1. The molecule has 9 aliphatic rings. The third-order valence-electron chi connectivity index (χ3n) is 20.5. The zero-order valence-corrected chi connectivity index (χ0v) is 44.8. The molecule has 9 N–H and O–H groups in total. The predicted molar refractivity (Wildman–Crippen MR) is 262 cm³/mol. The summed E-state index contributed by atoms with van der Waals surface area (Å²) in [6, 6.07) is 0. The molecular formula is C55H92O19. The van der Waals surface area contributed by atoms with Gasteiger partial charge in [-0.3, -0.25) is 4.79 Å². The maximum absolute atomic E-state index is 14.1. The lowest BCUT2D eigenvalue weighted by atomic mass is 9.43. The summed E-state index contributed by atoms with van der Waals surface area (Å²) < 4.78 is 57.2. The molecule has 5 heterocycles. The van der Waals surface area contributed by atoms with Gasteiger partial charge < -0.3 is 88.6 Å². The van der Waals surface area contributed by atoms with Gasteiger partial charge in [0.2, 0.25) is 0 Å². The maximum atomic E-state index is 14.1. The summed E-state index contributed by atoms with van der Waals surface area (Å²) in [6.45, 7) is 14.3. The third-order valence-corrected chi connectivity index (χ3v) is 20.5. The Hall–Kier alpha value is -1.21. The van der Waals surface area contributed by atoms with Crippen LogP contribution >= 0.6 is 0 Å². The minimum Gasteiger partial charge on any atom is -0.462 e. The number of unbranched alkanes of at least 4 members (excludes halogenated alkanes) is 6. The SMILES string of the molecule is CCCCCCCCCC(=O)O[C@H]1C[C@@H]2[C@H](CC[C@]3(C)[C@@H]4[C@H](C[C@@H]23)O[C@]2(CC[C@@H](C)CO2)[C@H]4C)[C@@]2(C)C[C@@H](O)[C@H](O[C@@H]3O[C@H](CO)[C@@H](O[C@H]4O[C@H](C)[C@@H](O)[C@H](O)[C@@H]4O)[C@H](O)[C@H]3O[C@H]3O[C@H](C)[C@@H](O)[C@H](O)[C@@H]3O)C[C@H]12. The van der Waals surface area contributed by atoms with Crippen LogP contribution in [-0.2, 0) is 47.4 Å². The molecule has 19 nitrogen and oxygen atoms in total. The van der Waals surface area contributed by atoms with Crippen molar-refractivity contribution in [2.24, 2.45) is 52.3 Å². The molecule has 0 amide bonds. The molecule has 426 valence electrons. The topological polar surface area (TPSA) is 282 Å². The molecule has 5 aliphatic heterocycles. The van der Waals surface area contributed by atoms with Crippen LogP contribution in [0.4, 0.5) is 0 Å². The highest BCUT2D eigenvalue weighted by atomic mass is 16.8. The molecule has 0 aromatic rings. The Morgan fingerprint density at radius 1 is 0.622 bits per heavy atom. The van der Waals surface area contributed by atoms with E-state index in [-0.39, 0.29) is 47.6 Å². The molecule has 0 aromatic carbocycles. The van der Waals surface area contributed by atoms with E-state index in [0.29, 0.717) is 43.6 Å². The fourth-order valence-electron chi connectivity index (χ4n) is 16.2. The Bertz CT molecular complexity index is 1860. The molecule has 9 fully saturated rings. The largest absolute Gasteiger partial charge is 0.462 e. The van der Waals surface area contributed by atoms with E-state index in [2.05, 4.69) is 34.6 Å². The Labute approximate surface area is 437 Å². The summed E-state index contributed by atoms with van der Waals surface area (Å²) in [5.41, 5.74) is -0.503. The maximum Gasteiger partial charge on any atom is 0.306 e. The van der Waals surface area contributed by atoms with Crippen molar-refractivity contribution in [2.75, 3.05) is 13.2 Å². The van der Waals surface area contributed by atoms with E-state index in [1.807, 2.05) is 0 Å². The molecule has 74 heavy (non-hydrogen) atoms. The fourth-order valence-corrected chi connectivity index (χ4v) is 16.2. The van der Waals surface area contributed by atoms with Gasteiger partial charge in [0.1, 0.15) is 67.1 Å². The molecule has 0 bridgehead atoms. The van der Waals surface area contributed by atoms with Crippen LogP contribution < -0.4 is 0 Å². The number of fused-ring (bicyclic) bond motifs is 7. The quantitative estimate of drug-likeness (QED) is 0.0610. The summed E-state index contributed by atoms with van der Waals surface area (Å²) in [4.78, 5) is 14.1. The highest BCUT2D eigenvalue weighted by Crippen LogP contribution is 2.72. The molecule has 4 saturated carbocycles. The van der Waals surface area contributed by atoms with Gasteiger partial charge in [-0.2, -0.15) is 0 Å². The zero-order valence-electron chi connectivity index (χ0n) is 44.8. The van der Waals surface area contributed by atoms with E-state index in [1.165, 1.54) is 33.1 Å². The average Bonchev–Trinajstić information content (AvgIpc) is 3.82. The van der Waals surface area contributed by atoms with Gasteiger partial charge in [-0.05, 0) is 106 Å². The second kappa shape index (κ2) is 23.1. The second-order valence-corrected chi connectivity index (χ2v) is 25.1. The number of esters is 1. The number of aliphatic hydroxyl groups is 9. The van der Waals surface area contributed by atoms with Crippen molar-refractivity contribution in [1.29, 1.82) is 0 Å². The number of hydrogen-bond acceptors (Lipinski definition) is 19. The van der Waals surface area contributed by atoms with Crippen molar-refractivity contribution in [3.05, 3.63) is 0 Å². The van der Waals surface area contributed by atoms with Crippen molar-refractivity contribution in [2.45, 2.75) is 274 Å². The van der Waals surface area contributed by atoms with E-state index in [4.69, 9.17) is 42.6 Å². The third kappa shape index (κ3) is 10.7. The Morgan fingerprint density at radius 2 is 1.26 bits per heavy atom. The van der Waals surface area contributed by atoms with E-state index < -0.39 is 128 Å². The molecule has 0 unspecified atom stereocenters. The predicted octanol–water partition coefficient (Wildman–Crippen LogP) is 2.95. The molecular weight excluding hydrogens is 965 g/mol.